The van der Waals surface area contributed by atoms with Crippen molar-refractivity contribution in [3.05, 3.63) is 59.7 Å². The van der Waals surface area contributed by atoms with Crippen LogP contribution in [-0.2, 0) is 14.4 Å². The first-order valence-electron chi connectivity index (χ1n) is 9.07. The van der Waals surface area contributed by atoms with E-state index in [9.17, 15) is 14.4 Å². The van der Waals surface area contributed by atoms with Crippen molar-refractivity contribution in [1.82, 2.24) is 10.7 Å². The third-order valence-corrected chi connectivity index (χ3v) is 3.60. The van der Waals surface area contributed by atoms with Crippen molar-refractivity contribution in [1.29, 1.82) is 0 Å². The first kappa shape index (κ1) is 21.6. The van der Waals surface area contributed by atoms with Crippen LogP contribution in [0.4, 0.5) is 5.69 Å². The molecule has 0 aliphatic carbocycles. The maximum atomic E-state index is 11.8. The van der Waals surface area contributed by atoms with Gasteiger partial charge in [-0.2, -0.15) is 5.10 Å². The second-order valence-electron chi connectivity index (χ2n) is 6.60. The number of hydrogen-bond donors (Lipinski definition) is 3. The van der Waals surface area contributed by atoms with Crippen molar-refractivity contribution in [2.24, 2.45) is 5.10 Å². The highest BCUT2D eigenvalue weighted by molar-refractivity contribution is 6.39. The molecule has 0 aliphatic rings. The summed E-state index contributed by atoms with van der Waals surface area (Å²) in [6.45, 7) is 5.60. The van der Waals surface area contributed by atoms with Crippen LogP contribution in [0, 0.1) is 6.92 Å². The van der Waals surface area contributed by atoms with Crippen molar-refractivity contribution in [2.45, 2.75) is 26.8 Å². The van der Waals surface area contributed by atoms with E-state index in [0.29, 0.717) is 17.0 Å². The van der Waals surface area contributed by atoms with Crippen LogP contribution in [0.5, 0.6) is 5.75 Å². The summed E-state index contributed by atoms with van der Waals surface area (Å²) in [4.78, 5) is 35.2. The second kappa shape index (κ2) is 10.6. The number of ether oxygens (including phenoxy) is 1. The van der Waals surface area contributed by atoms with Crippen molar-refractivity contribution in [3.63, 3.8) is 0 Å². The van der Waals surface area contributed by atoms with E-state index >= 15 is 0 Å². The van der Waals surface area contributed by atoms with Gasteiger partial charge in [0.15, 0.2) is 6.61 Å². The summed E-state index contributed by atoms with van der Waals surface area (Å²) < 4.78 is 5.38. The fourth-order valence-corrected chi connectivity index (χ4v) is 2.20. The van der Waals surface area contributed by atoms with Gasteiger partial charge in [-0.1, -0.05) is 17.7 Å². The van der Waals surface area contributed by atoms with Crippen LogP contribution in [0.3, 0.4) is 0 Å². The van der Waals surface area contributed by atoms with Crippen LogP contribution >= 0.6 is 0 Å². The Morgan fingerprint density at radius 1 is 1.00 bits per heavy atom. The summed E-state index contributed by atoms with van der Waals surface area (Å²) in [5.74, 6) is -1.35. The van der Waals surface area contributed by atoms with Gasteiger partial charge in [0.05, 0.1) is 6.21 Å². The number of benzene rings is 2. The lowest BCUT2D eigenvalue weighted by molar-refractivity contribution is -0.136. The van der Waals surface area contributed by atoms with E-state index in [-0.39, 0.29) is 18.6 Å². The van der Waals surface area contributed by atoms with Gasteiger partial charge in [-0.05, 0) is 62.7 Å². The molecule has 2 aromatic carbocycles. The number of anilines is 1. The van der Waals surface area contributed by atoms with Crippen molar-refractivity contribution in [2.75, 3.05) is 11.9 Å². The molecule has 3 amide bonds. The van der Waals surface area contributed by atoms with Gasteiger partial charge in [0.1, 0.15) is 5.75 Å². The highest BCUT2D eigenvalue weighted by Gasteiger charge is 2.12. The highest BCUT2D eigenvalue weighted by Crippen LogP contribution is 2.11. The number of rotatable bonds is 7. The van der Waals surface area contributed by atoms with E-state index in [0.717, 1.165) is 5.56 Å². The molecule has 2 rings (SSSR count). The van der Waals surface area contributed by atoms with Crippen molar-refractivity contribution in [3.8, 4) is 5.75 Å². The maximum Gasteiger partial charge on any atom is 0.329 e. The Bertz CT molecular complexity index is 875. The van der Waals surface area contributed by atoms with Gasteiger partial charge < -0.3 is 15.4 Å². The molecule has 0 bridgehead atoms. The predicted molar refractivity (Wildman–Crippen MR) is 111 cm³/mol. The average molecular weight is 396 g/mol. The number of hydrazone groups is 1. The number of carbonyl (C=O) groups excluding carboxylic acids is 3. The molecular formula is C21H24N4O4. The largest absolute Gasteiger partial charge is 0.484 e. The van der Waals surface area contributed by atoms with Gasteiger partial charge in [0.25, 0.3) is 5.91 Å². The van der Waals surface area contributed by atoms with Gasteiger partial charge >= 0.3 is 11.8 Å². The Morgan fingerprint density at radius 3 is 2.28 bits per heavy atom. The molecule has 0 unspecified atom stereocenters. The Labute approximate surface area is 169 Å². The van der Waals surface area contributed by atoms with Gasteiger partial charge in [-0.3, -0.25) is 14.4 Å². The van der Waals surface area contributed by atoms with Crippen LogP contribution in [-0.4, -0.2) is 36.6 Å². The minimum Gasteiger partial charge on any atom is -0.484 e. The molecule has 0 aromatic heterocycles. The lowest BCUT2D eigenvalue weighted by Crippen LogP contribution is -2.34. The fourth-order valence-electron chi connectivity index (χ4n) is 2.20. The molecule has 0 aliphatic heterocycles. The SMILES string of the molecule is Cc1ccc(NC(=O)C(=O)N/N=C\c2ccc(OCC(=O)NC(C)C)cc2)cc1. The summed E-state index contributed by atoms with van der Waals surface area (Å²) in [5.41, 5.74) is 4.43. The Balaban J connectivity index is 1.79. The molecule has 2 aromatic rings. The van der Waals surface area contributed by atoms with Crippen molar-refractivity contribution >= 4 is 29.6 Å². The van der Waals surface area contributed by atoms with Crippen LogP contribution in [0.1, 0.15) is 25.0 Å². The first-order chi connectivity index (χ1) is 13.8. The fraction of sp³-hybridized carbons (Fsp3) is 0.238. The Kier molecular flexibility index (Phi) is 7.90. The first-order valence-corrected chi connectivity index (χ1v) is 9.07. The number of nitrogens with zero attached hydrogens (tertiary/aromatic N) is 1. The molecule has 0 saturated heterocycles. The number of carbonyl (C=O) groups is 3. The van der Waals surface area contributed by atoms with Crippen LogP contribution in [0.2, 0.25) is 0 Å². The van der Waals surface area contributed by atoms with Crippen LogP contribution in [0.25, 0.3) is 0 Å². The Hall–Kier alpha value is -3.68. The van der Waals surface area contributed by atoms with Crippen molar-refractivity contribution < 1.29 is 19.1 Å². The molecule has 8 heteroatoms. The zero-order valence-corrected chi connectivity index (χ0v) is 16.6. The van der Waals surface area contributed by atoms with E-state index in [2.05, 4.69) is 21.2 Å². The van der Waals surface area contributed by atoms with E-state index in [1.54, 1.807) is 36.4 Å². The van der Waals surface area contributed by atoms with Gasteiger partial charge in [-0.15, -0.1) is 0 Å². The molecule has 0 saturated carbocycles. The molecule has 0 spiro atoms. The molecule has 0 heterocycles. The van der Waals surface area contributed by atoms with Gasteiger partial charge in [0.2, 0.25) is 0 Å². The normalized spacial score (nSPS) is 10.6. The number of hydrogen-bond acceptors (Lipinski definition) is 5. The van der Waals surface area contributed by atoms with Gasteiger partial charge in [0, 0.05) is 11.7 Å². The molecule has 8 nitrogen and oxygen atoms in total. The van der Waals surface area contributed by atoms with Crippen LogP contribution in [0.15, 0.2) is 53.6 Å². The molecule has 0 radical (unpaired) electrons. The molecule has 29 heavy (non-hydrogen) atoms. The second-order valence-corrected chi connectivity index (χ2v) is 6.60. The van der Waals surface area contributed by atoms with Crippen LogP contribution < -0.4 is 20.8 Å². The van der Waals surface area contributed by atoms with E-state index in [1.165, 1.54) is 6.21 Å². The zero-order valence-electron chi connectivity index (χ0n) is 16.6. The van der Waals surface area contributed by atoms with Gasteiger partial charge in [-0.25, -0.2) is 5.43 Å². The summed E-state index contributed by atoms with van der Waals surface area (Å²) in [7, 11) is 0. The lowest BCUT2D eigenvalue weighted by Gasteiger charge is -2.09. The monoisotopic (exact) mass is 396 g/mol. The summed E-state index contributed by atoms with van der Waals surface area (Å²) in [5, 5.41) is 8.98. The molecule has 3 N–H and O–H groups in total. The number of nitrogens with one attached hydrogen (secondary N) is 3. The standard InChI is InChI=1S/C21H24N4O4/c1-14(2)23-19(26)13-29-18-10-6-16(7-11-18)12-22-25-21(28)20(27)24-17-8-4-15(3)5-9-17/h4-12,14H,13H2,1-3H3,(H,23,26)(H,24,27)(H,25,28)/b22-12-. The number of aryl methyl sites for hydroxylation is 1. The van der Waals surface area contributed by atoms with E-state index in [1.807, 2.05) is 32.9 Å². The summed E-state index contributed by atoms with van der Waals surface area (Å²) in [6, 6.07) is 13.9. The zero-order chi connectivity index (χ0) is 21.2. The highest BCUT2D eigenvalue weighted by atomic mass is 16.5. The smallest absolute Gasteiger partial charge is 0.329 e. The minimum absolute atomic E-state index is 0.0545. The molecular weight excluding hydrogens is 372 g/mol. The minimum atomic E-state index is -0.877. The third-order valence-electron chi connectivity index (χ3n) is 3.60. The average Bonchev–Trinajstić information content (AvgIpc) is 2.68. The quantitative estimate of drug-likeness (QED) is 0.378. The summed E-state index contributed by atoms with van der Waals surface area (Å²) >= 11 is 0. The molecule has 0 atom stereocenters. The number of amides is 3. The maximum absolute atomic E-state index is 11.8. The Morgan fingerprint density at radius 2 is 1.66 bits per heavy atom. The predicted octanol–water partition coefficient (Wildman–Crippen LogP) is 1.99. The lowest BCUT2D eigenvalue weighted by atomic mass is 10.2. The summed E-state index contributed by atoms with van der Waals surface area (Å²) in [6.07, 6.45) is 1.40. The molecule has 0 fully saturated rings. The van der Waals surface area contributed by atoms with E-state index in [4.69, 9.17) is 4.74 Å². The molecule has 152 valence electrons. The topological polar surface area (TPSA) is 109 Å². The third kappa shape index (κ3) is 7.84. The van der Waals surface area contributed by atoms with E-state index < -0.39 is 11.8 Å².